The molecular formula is C11H21N3. The van der Waals surface area contributed by atoms with Gasteiger partial charge in [-0.15, -0.1) is 0 Å². The SMILES string of the molecule is C[C@H](N)Cc1cc(C(C)(C)C)nn1C. The molecule has 0 unspecified atom stereocenters. The molecule has 0 spiro atoms. The lowest BCUT2D eigenvalue weighted by Crippen LogP contribution is -2.19. The summed E-state index contributed by atoms with van der Waals surface area (Å²) in [5, 5.41) is 4.50. The maximum atomic E-state index is 5.77. The van der Waals surface area contributed by atoms with Crippen molar-refractivity contribution >= 4 is 0 Å². The van der Waals surface area contributed by atoms with Crippen LogP contribution in [0.1, 0.15) is 39.1 Å². The van der Waals surface area contributed by atoms with Crippen LogP contribution >= 0.6 is 0 Å². The second-order valence-electron chi connectivity index (χ2n) is 5.08. The molecular weight excluding hydrogens is 174 g/mol. The molecule has 3 heteroatoms. The molecule has 1 aromatic heterocycles. The van der Waals surface area contributed by atoms with E-state index in [0.29, 0.717) is 0 Å². The first-order valence-electron chi connectivity index (χ1n) is 5.09. The third-order valence-corrected chi connectivity index (χ3v) is 2.28. The molecule has 0 aliphatic heterocycles. The highest BCUT2D eigenvalue weighted by Crippen LogP contribution is 2.21. The number of hydrogen-bond donors (Lipinski definition) is 1. The molecule has 1 aromatic rings. The van der Waals surface area contributed by atoms with E-state index in [9.17, 15) is 0 Å². The Hall–Kier alpha value is -0.830. The van der Waals surface area contributed by atoms with Crippen molar-refractivity contribution in [2.75, 3.05) is 0 Å². The van der Waals surface area contributed by atoms with Gasteiger partial charge in [-0.1, -0.05) is 20.8 Å². The van der Waals surface area contributed by atoms with E-state index in [1.807, 2.05) is 18.7 Å². The van der Waals surface area contributed by atoms with Crippen LogP contribution in [0.15, 0.2) is 6.07 Å². The molecule has 1 rings (SSSR count). The van der Waals surface area contributed by atoms with E-state index in [1.165, 1.54) is 5.69 Å². The minimum absolute atomic E-state index is 0.119. The van der Waals surface area contributed by atoms with Gasteiger partial charge in [0.1, 0.15) is 0 Å². The van der Waals surface area contributed by atoms with Crippen LogP contribution < -0.4 is 5.73 Å². The highest BCUT2D eigenvalue weighted by Gasteiger charge is 2.18. The number of nitrogens with zero attached hydrogens (tertiary/aromatic N) is 2. The minimum Gasteiger partial charge on any atom is -0.328 e. The summed E-state index contributed by atoms with van der Waals surface area (Å²) in [4.78, 5) is 0. The maximum absolute atomic E-state index is 5.77. The predicted molar refractivity (Wildman–Crippen MR) is 59.3 cm³/mol. The van der Waals surface area contributed by atoms with Crippen LogP contribution in [-0.2, 0) is 18.9 Å². The molecule has 2 N–H and O–H groups in total. The van der Waals surface area contributed by atoms with E-state index < -0.39 is 0 Å². The zero-order valence-corrected chi connectivity index (χ0v) is 9.83. The van der Waals surface area contributed by atoms with Gasteiger partial charge in [-0.3, -0.25) is 4.68 Å². The van der Waals surface area contributed by atoms with Gasteiger partial charge in [0.05, 0.1) is 5.69 Å². The Labute approximate surface area is 86.3 Å². The van der Waals surface area contributed by atoms with Gasteiger partial charge in [-0.25, -0.2) is 0 Å². The van der Waals surface area contributed by atoms with Gasteiger partial charge in [0.2, 0.25) is 0 Å². The molecule has 0 aliphatic rings. The summed E-state index contributed by atoms with van der Waals surface area (Å²) in [7, 11) is 1.98. The smallest absolute Gasteiger partial charge is 0.0680 e. The van der Waals surface area contributed by atoms with Crippen LogP contribution in [0, 0.1) is 0 Å². The predicted octanol–water partition coefficient (Wildman–Crippen LogP) is 1.61. The van der Waals surface area contributed by atoms with Crippen molar-refractivity contribution in [3.63, 3.8) is 0 Å². The van der Waals surface area contributed by atoms with E-state index in [1.54, 1.807) is 0 Å². The molecule has 14 heavy (non-hydrogen) atoms. The van der Waals surface area contributed by atoms with Crippen LogP contribution in [0.3, 0.4) is 0 Å². The summed E-state index contributed by atoms with van der Waals surface area (Å²) in [6.45, 7) is 8.53. The van der Waals surface area contributed by atoms with E-state index in [0.717, 1.165) is 12.1 Å². The Kier molecular flexibility index (Phi) is 3.00. The minimum atomic E-state index is 0.119. The molecule has 80 valence electrons. The molecule has 3 nitrogen and oxygen atoms in total. The Balaban J connectivity index is 2.94. The highest BCUT2D eigenvalue weighted by atomic mass is 15.3. The molecule has 0 saturated heterocycles. The summed E-state index contributed by atoms with van der Waals surface area (Å²) in [5.41, 5.74) is 8.24. The molecule has 0 saturated carbocycles. The van der Waals surface area contributed by atoms with Crippen LogP contribution in [0.4, 0.5) is 0 Å². The maximum Gasteiger partial charge on any atom is 0.0680 e. The van der Waals surface area contributed by atoms with Crippen LogP contribution in [0.25, 0.3) is 0 Å². The van der Waals surface area contributed by atoms with Crippen LogP contribution in [0.5, 0.6) is 0 Å². The van der Waals surface area contributed by atoms with Crippen LogP contribution in [0.2, 0.25) is 0 Å². The topological polar surface area (TPSA) is 43.8 Å². The van der Waals surface area contributed by atoms with Gasteiger partial charge in [0, 0.05) is 30.6 Å². The fourth-order valence-electron chi connectivity index (χ4n) is 1.39. The third-order valence-electron chi connectivity index (χ3n) is 2.28. The van der Waals surface area contributed by atoms with Crippen molar-refractivity contribution in [1.82, 2.24) is 9.78 Å². The average Bonchev–Trinajstić information content (AvgIpc) is 2.30. The number of aryl methyl sites for hydroxylation is 1. The average molecular weight is 195 g/mol. The van der Waals surface area contributed by atoms with E-state index in [2.05, 4.69) is 31.9 Å². The van der Waals surface area contributed by atoms with Crippen molar-refractivity contribution in [3.05, 3.63) is 17.5 Å². The lowest BCUT2D eigenvalue weighted by molar-refractivity contribution is 0.550. The number of nitrogens with two attached hydrogens (primary N) is 1. The standard InChI is InChI=1S/C11H21N3/c1-8(12)6-9-7-10(11(2,3)4)13-14(9)5/h7-8H,6,12H2,1-5H3/t8-/m0/s1. The fourth-order valence-corrected chi connectivity index (χ4v) is 1.39. The van der Waals surface area contributed by atoms with Gasteiger partial charge >= 0.3 is 0 Å². The lowest BCUT2D eigenvalue weighted by Gasteiger charge is -2.13. The zero-order valence-electron chi connectivity index (χ0n) is 9.83. The summed E-state index contributed by atoms with van der Waals surface area (Å²) >= 11 is 0. The fraction of sp³-hybridized carbons (Fsp3) is 0.727. The first-order chi connectivity index (χ1) is 6.30. The second-order valence-corrected chi connectivity index (χ2v) is 5.08. The molecule has 0 aromatic carbocycles. The summed E-state index contributed by atoms with van der Waals surface area (Å²) in [5.74, 6) is 0. The number of aromatic nitrogens is 2. The van der Waals surface area contributed by atoms with E-state index in [-0.39, 0.29) is 11.5 Å². The Bertz CT molecular complexity index is 305. The Morgan fingerprint density at radius 3 is 2.43 bits per heavy atom. The molecule has 1 atom stereocenters. The number of hydrogen-bond acceptors (Lipinski definition) is 2. The van der Waals surface area contributed by atoms with Gasteiger partial charge in [-0.05, 0) is 13.0 Å². The summed E-state index contributed by atoms with van der Waals surface area (Å²) < 4.78 is 1.93. The van der Waals surface area contributed by atoms with Crippen molar-refractivity contribution in [1.29, 1.82) is 0 Å². The normalized spacial score (nSPS) is 14.4. The molecule has 0 amide bonds. The second kappa shape index (κ2) is 3.73. The van der Waals surface area contributed by atoms with Crippen molar-refractivity contribution < 1.29 is 0 Å². The van der Waals surface area contributed by atoms with E-state index >= 15 is 0 Å². The van der Waals surface area contributed by atoms with Crippen molar-refractivity contribution in [3.8, 4) is 0 Å². The van der Waals surface area contributed by atoms with Gasteiger partial charge < -0.3 is 5.73 Å². The van der Waals surface area contributed by atoms with E-state index in [4.69, 9.17) is 5.73 Å². The van der Waals surface area contributed by atoms with Crippen LogP contribution in [-0.4, -0.2) is 15.8 Å². The monoisotopic (exact) mass is 195 g/mol. The molecule has 0 radical (unpaired) electrons. The molecule has 1 heterocycles. The third kappa shape index (κ3) is 2.58. The van der Waals surface area contributed by atoms with Crippen molar-refractivity contribution in [2.45, 2.75) is 45.6 Å². The Morgan fingerprint density at radius 1 is 1.50 bits per heavy atom. The first-order valence-corrected chi connectivity index (χ1v) is 5.09. The quantitative estimate of drug-likeness (QED) is 0.779. The largest absolute Gasteiger partial charge is 0.328 e. The molecule has 0 aliphatic carbocycles. The zero-order chi connectivity index (χ0) is 10.9. The lowest BCUT2D eigenvalue weighted by atomic mass is 9.92. The molecule has 0 bridgehead atoms. The first kappa shape index (κ1) is 11.2. The highest BCUT2D eigenvalue weighted by molar-refractivity contribution is 5.18. The van der Waals surface area contributed by atoms with Gasteiger partial charge in [0.25, 0.3) is 0 Å². The van der Waals surface area contributed by atoms with Gasteiger partial charge in [0.15, 0.2) is 0 Å². The van der Waals surface area contributed by atoms with Crippen molar-refractivity contribution in [2.24, 2.45) is 12.8 Å². The molecule has 0 fully saturated rings. The summed E-state index contributed by atoms with van der Waals surface area (Å²) in [6.07, 6.45) is 0.888. The Morgan fingerprint density at radius 2 is 2.07 bits per heavy atom. The summed E-state index contributed by atoms with van der Waals surface area (Å²) in [6, 6.07) is 2.35. The van der Waals surface area contributed by atoms with Gasteiger partial charge in [-0.2, -0.15) is 5.10 Å². The number of rotatable bonds is 2.